The molecule has 3 heterocycles. The van der Waals surface area contributed by atoms with Gasteiger partial charge < -0.3 is 89.9 Å². The maximum atomic E-state index is 13.5. The van der Waals surface area contributed by atoms with Crippen molar-refractivity contribution >= 4 is 5.91 Å². The highest BCUT2D eigenvalue weighted by molar-refractivity contribution is 5.76. The van der Waals surface area contributed by atoms with Crippen LogP contribution in [0.2, 0.25) is 0 Å². The molecule has 0 aromatic heterocycles. The zero-order valence-corrected chi connectivity index (χ0v) is 69.3. The molecule has 0 spiro atoms. The summed E-state index contributed by atoms with van der Waals surface area (Å²) in [4.78, 5) is 13.5. The molecule has 0 saturated carbocycles. The Morgan fingerprint density at radius 3 is 0.917 bits per heavy atom. The highest BCUT2D eigenvalue weighted by Gasteiger charge is 2.54. The topological polar surface area (TPSA) is 307 Å². The van der Waals surface area contributed by atoms with Crippen LogP contribution in [0, 0.1) is 0 Å². The molecule has 3 aliphatic rings. The number of aliphatic hydroxyl groups excluding tert-OH is 11. The van der Waals surface area contributed by atoms with E-state index in [1.54, 1.807) is 6.08 Å². The molecule has 3 aliphatic heterocycles. The number of nitrogens with one attached hydrogen (secondary N) is 1. The van der Waals surface area contributed by atoms with Crippen molar-refractivity contribution in [3.05, 3.63) is 36.5 Å². The van der Waals surface area contributed by atoms with Gasteiger partial charge in [-0.15, -0.1) is 0 Å². The van der Waals surface area contributed by atoms with Gasteiger partial charge in [0.25, 0.3) is 0 Å². The van der Waals surface area contributed by atoms with Gasteiger partial charge in [0, 0.05) is 6.42 Å². The third kappa shape index (κ3) is 49.0. The number of rotatable bonds is 75. The average Bonchev–Trinajstić information content (AvgIpc) is 0.793. The van der Waals surface area contributed by atoms with Crippen LogP contribution in [-0.4, -0.2) is 193 Å². The molecule has 12 N–H and O–H groups in total. The standard InChI is InChI=1S/C90H169NO18/c1-3-5-7-9-11-13-15-17-19-21-23-25-27-29-31-32-33-34-35-36-37-38-39-40-41-42-44-46-48-50-52-54-56-58-60-62-64-66-68-78(96)91-73(74(95)67-65-63-61-59-57-55-53-51-49-47-45-43-30-28-26-24-22-20-18-16-14-12-10-8-6-4-2)72-104-88-84(102)81(99)86(76(70-93)106-88)109-90-85(103)82(100)87(77(71-94)107-90)108-89-83(101)80(98)79(97)75(69-92)105-89/h49,51,57,59,65,67,73-77,79-90,92-95,97-103H,3-48,50,52-56,58,60-64,66,68-72H2,1-2H3,(H,91,96)/b51-49+,59-57+,67-65+. The Balaban J connectivity index is 1.32. The first-order valence-corrected chi connectivity index (χ1v) is 45.7. The van der Waals surface area contributed by atoms with Crippen LogP contribution < -0.4 is 5.32 Å². The lowest BCUT2D eigenvalue weighted by Gasteiger charge is -2.48. The van der Waals surface area contributed by atoms with Crippen molar-refractivity contribution in [3.8, 4) is 0 Å². The van der Waals surface area contributed by atoms with Crippen LogP contribution in [0.4, 0.5) is 0 Å². The molecule has 0 radical (unpaired) electrons. The van der Waals surface area contributed by atoms with Gasteiger partial charge in [0.1, 0.15) is 73.2 Å². The van der Waals surface area contributed by atoms with Crippen LogP contribution in [0.15, 0.2) is 36.5 Å². The summed E-state index contributed by atoms with van der Waals surface area (Å²) in [5, 5.41) is 121. The number of ether oxygens (including phenoxy) is 6. The molecule has 3 saturated heterocycles. The van der Waals surface area contributed by atoms with Crippen molar-refractivity contribution in [2.24, 2.45) is 0 Å². The predicted octanol–water partition coefficient (Wildman–Crippen LogP) is 17.4. The highest BCUT2D eigenvalue weighted by atomic mass is 16.8. The van der Waals surface area contributed by atoms with E-state index >= 15 is 0 Å². The summed E-state index contributed by atoms with van der Waals surface area (Å²) < 4.78 is 34.5. The number of amides is 1. The molecular weight excluding hydrogens is 1380 g/mol. The minimum absolute atomic E-state index is 0.237. The van der Waals surface area contributed by atoms with E-state index in [1.807, 2.05) is 6.08 Å². The molecule has 19 nitrogen and oxygen atoms in total. The molecule has 0 aromatic carbocycles. The molecule has 0 aliphatic carbocycles. The predicted molar refractivity (Wildman–Crippen MR) is 439 cm³/mol. The normalized spacial score (nSPS) is 25.4. The van der Waals surface area contributed by atoms with E-state index in [-0.39, 0.29) is 18.9 Å². The number of hydrogen-bond acceptors (Lipinski definition) is 18. The molecule has 19 heteroatoms. The lowest BCUT2D eigenvalue weighted by atomic mass is 9.96. The Hall–Kier alpha value is -1.99. The van der Waals surface area contributed by atoms with Crippen LogP contribution in [0.5, 0.6) is 0 Å². The number of carbonyl (C=O) groups is 1. The summed E-state index contributed by atoms with van der Waals surface area (Å²) in [5.41, 5.74) is 0. The molecule has 1 amide bonds. The summed E-state index contributed by atoms with van der Waals surface area (Å²) in [6, 6.07) is -0.997. The van der Waals surface area contributed by atoms with Crippen LogP contribution in [0.1, 0.15) is 399 Å². The second-order valence-corrected chi connectivity index (χ2v) is 32.8. The zero-order valence-electron chi connectivity index (χ0n) is 69.3. The number of hydrogen-bond donors (Lipinski definition) is 12. The minimum atomic E-state index is -1.98. The van der Waals surface area contributed by atoms with Crippen molar-refractivity contribution in [3.63, 3.8) is 0 Å². The van der Waals surface area contributed by atoms with Gasteiger partial charge in [0.05, 0.1) is 38.6 Å². The van der Waals surface area contributed by atoms with E-state index in [0.717, 1.165) is 44.9 Å². The van der Waals surface area contributed by atoms with Gasteiger partial charge in [-0.25, -0.2) is 0 Å². The molecule has 17 unspecified atom stereocenters. The first-order chi connectivity index (χ1) is 53.3. The van der Waals surface area contributed by atoms with Crippen molar-refractivity contribution in [2.45, 2.75) is 503 Å². The van der Waals surface area contributed by atoms with E-state index in [2.05, 4.69) is 43.5 Å². The fourth-order valence-corrected chi connectivity index (χ4v) is 15.6. The molecule has 0 bridgehead atoms. The van der Waals surface area contributed by atoms with Crippen LogP contribution in [0.25, 0.3) is 0 Å². The minimum Gasteiger partial charge on any atom is -0.394 e. The summed E-state index contributed by atoms with van der Waals surface area (Å²) in [5.74, 6) is -0.281. The fourth-order valence-electron chi connectivity index (χ4n) is 15.6. The Kier molecular flexibility index (Phi) is 65.2. The van der Waals surface area contributed by atoms with Crippen molar-refractivity contribution in [1.29, 1.82) is 0 Å². The largest absolute Gasteiger partial charge is 0.394 e. The van der Waals surface area contributed by atoms with E-state index in [0.29, 0.717) is 12.8 Å². The maximum absolute atomic E-state index is 13.5. The van der Waals surface area contributed by atoms with Crippen molar-refractivity contribution in [2.75, 3.05) is 26.4 Å². The molecule has 642 valence electrons. The van der Waals surface area contributed by atoms with Gasteiger partial charge in [0.2, 0.25) is 5.91 Å². The van der Waals surface area contributed by atoms with Gasteiger partial charge in [-0.05, 0) is 44.9 Å². The van der Waals surface area contributed by atoms with E-state index in [1.165, 1.54) is 321 Å². The van der Waals surface area contributed by atoms with E-state index in [9.17, 15) is 61.0 Å². The Bertz CT molecular complexity index is 2100. The summed E-state index contributed by atoms with van der Waals surface area (Å²) in [6.45, 7) is 1.78. The fraction of sp³-hybridized carbons (Fsp3) is 0.922. The average molecular weight is 1550 g/mol. The van der Waals surface area contributed by atoms with E-state index in [4.69, 9.17) is 28.4 Å². The molecule has 109 heavy (non-hydrogen) atoms. The number of aliphatic hydroxyl groups is 11. The molecule has 3 fully saturated rings. The molecular formula is C90H169NO18. The summed E-state index contributed by atoms with van der Waals surface area (Å²) in [7, 11) is 0. The molecule has 3 rings (SSSR count). The summed E-state index contributed by atoms with van der Waals surface area (Å²) >= 11 is 0. The summed E-state index contributed by atoms with van der Waals surface area (Å²) in [6.07, 6.45) is 63.2. The second kappa shape index (κ2) is 70.2. The first-order valence-electron chi connectivity index (χ1n) is 45.7. The Labute approximate surface area is 663 Å². The SMILES string of the molecule is CCCCCCCCCCCCCCCCCC/C=C/CC/C=C/CC/C=C/C(O)C(COC1OC(CO)C(OC2OC(CO)C(OC3OC(CO)C(O)C(O)C3O)C(O)C2O)C(O)C1O)NC(=O)CCCCCCCCCCCCCCCCCCCCCCCCCCCCCCCCCCCCCCCC. The molecule has 0 aromatic rings. The Morgan fingerprint density at radius 2 is 0.587 bits per heavy atom. The Morgan fingerprint density at radius 1 is 0.321 bits per heavy atom. The van der Waals surface area contributed by atoms with Gasteiger partial charge in [-0.1, -0.05) is 384 Å². The lowest BCUT2D eigenvalue weighted by Crippen LogP contribution is -2.66. The van der Waals surface area contributed by atoms with Crippen LogP contribution >= 0.6 is 0 Å². The lowest BCUT2D eigenvalue weighted by molar-refractivity contribution is -0.379. The van der Waals surface area contributed by atoms with Crippen molar-refractivity contribution in [1.82, 2.24) is 5.32 Å². The quantitative estimate of drug-likeness (QED) is 0.0199. The van der Waals surface area contributed by atoms with Gasteiger partial charge >= 0.3 is 0 Å². The van der Waals surface area contributed by atoms with Crippen LogP contribution in [0.3, 0.4) is 0 Å². The zero-order chi connectivity index (χ0) is 78.8. The number of carbonyl (C=O) groups excluding carboxylic acids is 1. The second-order valence-electron chi connectivity index (χ2n) is 32.8. The molecule has 17 atom stereocenters. The van der Waals surface area contributed by atoms with Crippen molar-refractivity contribution < 1.29 is 89.4 Å². The highest BCUT2D eigenvalue weighted by Crippen LogP contribution is 2.34. The van der Waals surface area contributed by atoms with Gasteiger partial charge in [-0.2, -0.15) is 0 Å². The maximum Gasteiger partial charge on any atom is 0.220 e. The third-order valence-corrected chi connectivity index (χ3v) is 22.9. The smallest absolute Gasteiger partial charge is 0.220 e. The number of unbranched alkanes of at least 4 members (excludes halogenated alkanes) is 55. The number of allylic oxidation sites excluding steroid dienone is 5. The van der Waals surface area contributed by atoms with Gasteiger partial charge in [-0.3, -0.25) is 4.79 Å². The van der Waals surface area contributed by atoms with E-state index < -0.39 is 124 Å². The first kappa shape index (κ1) is 101. The third-order valence-electron chi connectivity index (χ3n) is 22.9. The van der Waals surface area contributed by atoms with Crippen LogP contribution in [-0.2, 0) is 33.2 Å². The van der Waals surface area contributed by atoms with Gasteiger partial charge in [0.15, 0.2) is 18.9 Å². The monoisotopic (exact) mass is 1550 g/mol.